The molecule has 4 amide bonds. The highest BCUT2D eigenvalue weighted by molar-refractivity contribution is 9.10. The van der Waals surface area contributed by atoms with E-state index in [1.165, 1.54) is 19.3 Å². The standard InChI is InChI=1S/C25H17BrCl2N2O5/c1-34-21-12-15(11-18(26)22(21)35-13-14-5-4-6-16(27)9-14)10-17-23(31)29-25(33)30(24(17)32)20-8-3-2-7-19(20)28/h2-12H,13H2,1H3,(H,29,31,33)/b17-10+. The molecule has 1 fully saturated rings. The Balaban J connectivity index is 1.65. The first-order chi connectivity index (χ1) is 16.8. The number of urea groups is 1. The predicted molar refractivity (Wildman–Crippen MR) is 137 cm³/mol. The Bertz CT molecular complexity index is 1380. The van der Waals surface area contributed by atoms with E-state index in [0.717, 1.165) is 10.5 Å². The van der Waals surface area contributed by atoms with Crippen LogP contribution < -0.4 is 19.7 Å². The lowest BCUT2D eigenvalue weighted by Gasteiger charge is -2.27. The topological polar surface area (TPSA) is 84.9 Å². The fourth-order valence-corrected chi connectivity index (χ4v) is 4.43. The van der Waals surface area contributed by atoms with Crippen molar-refractivity contribution in [2.75, 3.05) is 12.0 Å². The molecule has 0 unspecified atom stereocenters. The van der Waals surface area contributed by atoms with E-state index >= 15 is 0 Å². The zero-order valence-corrected chi connectivity index (χ0v) is 21.3. The molecule has 3 aromatic carbocycles. The van der Waals surface area contributed by atoms with E-state index in [0.29, 0.717) is 26.6 Å². The summed E-state index contributed by atoms with van der Waals surface area (Å²) in [5.74, 6) is -0.819. The van der Waals surface area contributed by atoms with Crippen LogP contribution in [0.15, 0.2) is 70.7 Å². The third-order valence-corrected chi connectivity index (χ3v) is 6.17. The maximum Gasteiger partial charge on any atom is 0.335 e. The van der Waals surface area contributed by atoms with E-state index in [1.54, 1.807) is 42.5 Å². The number of carbonyl (C=O) groups is 3. The first kappa shape index (κ1) is 24.8. The molecule has 1 aliphatic heterocycles. The average Bonchev–Trinajstić information content (AvgIpc) is 2.82. The molecule has 35 heavy (non-hydrogen) atoms. The Labute approximate surface area is 219 Å². The molecule has 3 aromatic rings. The number of barbiturate groups is 1. The maximum atomic E-state index is 13.1. The lowest BCUT2D eigenvalue weighted by molar-refractivity contribution is -0.122. The lowest BCUT2D eigenvalue weighted by atomic mass is 10.1. The number of benzene rings is 3. The van der Waals surface area contributed by atoms with Gasteiger partial charge in [-0.15, -0.1) is 0 Å². The number of anilines is 1. The predicted octanol–water partition coefficient (Wildman–Crippen LogP) is 6.01. The minimum atomic E-state index is -0.881. The summed E-state index contributed by atoms with van der Waals surface area (Å²) in [5.41, 5.74) is 1.26. The van der Waals surface area contributed by atoms with Gasteiger partial charge in [0.15, 0.2) is 11.5 Å². The molecule has 4 rings (SSSR count). The molecule has 7 nitrogen and oxygen atoms in total. The number of amides is 4. The summed E-state index contributed by atoms with van der Waals surface area (Å²) in [4.78, 5) is 38.9. The van der Waals surface area contributed by atoms with E-state index in [4.69, 9.17) is 32.7 Å². The molecule has 0 saturated carbocycles. The molecule has 0 atom stereocenters. The number of nitrogens with zero attached hydrogens (tertiary/aromatic N) is 1. The summed E-state index contributed by atoms with van der Waals surface area (Å²) < 4.78 is 11.9. The number of nitrogens with one attached hydrogen (secondary N) is 1. The molecule has 0 bridgehead atoms. The number of halogens is 3. The molecule has 0 aliphatic carbocycles. The van der Waals surface area contributed by atoms with Crippen molar-refractivity contribution in [2.45, 2.75) is 6.61 Å². The van der Waals surface area contributed by atoms with Crippen LogP contribution in [0.1, 0.15) is 11.1 Å². The Morgan fingerprint density at radius 2 is 1.80 bits per heavy atom. The molecule has 10 heteroatoms. The fourth-order valence-electron chi connectivity index (χ4n) is 3.42. The number of carbonyl (C=O) groups excluding carboxylic acids is 3. The number of hydrogen-bond donors (Lipinski definition) is 1. The zero-order chi connectivity index (χ0) is 25.1. The van der Waals surface area contributed by atoms with Crippen LogP contribution >= 0.6 is 39.1 Å². The van der Waals surface area contributed by atoms with Crippen LogP contribution in [0.25, 0.3) is 6.08 Å². The van der Waals surface area contributed by atoms with Gasteiger partial charge in [-0.1, -0.05) is 47.5 Å². The Morgan fingerprint density at radius 1 is 1.03 bits per heavy atom. The lowest BCUT2D eigenvalue weighted by Crippen LogP contribution is -2.54. The number of methoxy groups -OCH3 is 1. The maximum absolute atomic E-state index is 13.1. The third-order valence-electron chi connectivity index (χ3n) is 5.03. The van der Waals surface area contributed by atoms with Crippen molar-refractivity contribution in [3.63, 3.8) is 0 Å². The van der Waals surface area contributed by atoms with Gasteiger partial charge in [0.2, 0.25) is 0 Å². The quantitative estimate of drug-likeness (QED) is 0.287. The van der Waals surface area contributed by atoms with E-state index in [-0.39, 0.29) is 22.9 Å². The molecule has 0 aromatic heterocycles. The zero-order valence-electron chi connectivity index (χ0n) is 18.2. The van der Waals surface area contributed by atoms with E-state index in [9.17, 15) is 14.4 Å². The van der Waals surface area contributed by atoms with Crippen molar-refractivity contribution in [2.24, 2.45) is 0 Å². The normalized spacial score (nSPS) is 14.8. The number of rotatable bonds is 6. The van der Waals surface area contributed by atoms with Crippen LogP contribution in [0.3, 0.4) is 0 Å². The SMILES string of the molecule is COc1cc(/C=C2\C(=O)NC(=O)N(c3ccccc3Cl)C2=O)cc(Br)c1OCc1cccc(Cl)c1. The van der Waals surface area contributed by atoms with Crippen molar-refractivity contribution in [1.29, 1.82) is 0 Å². The summed E-state index contributed by atoms with van der Waals surface area (Å²) in [7, 11) is 1.47. The van der Waals surface area contributed by atoms with Gasteiger partial charge in [0.05, 0.1) is 22.3 Å². The van der Waals surface area contributed by atoms with Gasteiger partial charge in [0.25, 0.3) is 11.8 Å². The first-order valence-electron chi connectivity index (χ1n) is 10.2. The monoisotopic (exact) mass is 574 g/mol. The molecular formula is C25H17BrCl2N2O5. The molecule has 178 valence electrons. The number of ether oxygens (including phenoxy) is 2. The van der Waals surface area contributed by atoms with Gasteiger partial charge in [0, 0.05) is 5.02 Å². The average molecular weight is 576 g/mol. The minimum Gasteiger partial charge on any atom is -0.493 e. The number of hydrogen-bond acceptors (Lipinski definition) is 5. The van der Waals surface area contributed by atoms with E-state index < -0.39 is 17.8 Å². The van der Waals surface area contributed by atoms with Crippen molar-refractivity contribution in [3.05, 3.63) is 91.9 Å². The van der Waals surface area contributed by atoms with Crippen LogP contribution in [0.5, 0.6) is 11.5 Å². The van der Waals surface area contributed by atoms with Gasteiger partial charge >= 0.3 is 6.03 Å². The van der Waals surface area contributed by atoms with Crippen LogP contribution in [-0.4, -0.2) is 25.0 Å². The first-order valence-corrected chi connectivity index (χ1v) is 11.7. The van der Waals surface area contributed by atoms with Gasteiger partial charge in [-0.25, -0.2) is 9.69 Å². The smallest absolute Gasteiger partial charge is 0.335 e. The minimum absolute atomic E-state index is 0.165. The van der Waals surface area contributed by atoms with Crippen LogP contribution in [0.4, 0.5) is 10.5 Å². The molecular weight excluding hydrogens is 559 g/mol. The van der Waals surface area contributed by atoms with Crippen molar-refractivity contribution < 1.29 is 23.9 Å². The molecule has 1 saturated heterocycles. The molecule has 0 spiro atoms. The highest BCUT2D eigenvalue weighted by Gasteiger charge is 2.37. The van der Waals surface area contributed by atoms with Crippen molar-refractivity contribution in [3.8, 4) is 11.5 Å². The second-order valence-electron chi connectivity index (χ2n) is 7.36. The molecule has 1 aliphatic rings. The fraction of sp³-hybridized carbons (Fsp3) is 0.0800. The van der Waals surface area contributed by atoms with Gasteiger partial charge < -0.3 is 9.47 Å². The van der Waals surface area contributed by atoms with E-state index in [1.807, 2.05) is 12.1 Å². The molecule has 0 radical (unpaired) electrons. The van der Waals surface area contributed by atoms with Gasteiger partial charge in [-0.3, -0.25) is 14.9 Å². The summed E-state index contributed by atoms with van der Waals surface area (Å²) >= 11 is 15.7. The Kier molecular flexibility index (Phi) is 7.45. The van der Waals surface area contributed by atoms with Crippen LogP contribution in [-0.2, 0) is 16.2 Å². The summed E-state index contributed by atoms with van der Waals surface area (Å²) in [6.45, 7) is 0.242. The van der Waals surface area contributed by atoms with Gasteiger partial charge in [-0.05, 0) is 69.5 Å². The second kappa shape index (κ2) is 10.5. The van der Waals surface area contributed by atoms with Crippen molar-refractivity contribution >= 4 is 68.7 Å². The highest BCUT2D eigenvalue weighted by Crippen LogP contribution is 2.38. The Morgan fingerprint density at radius 3 is 2.51 bits per heavy atom. The Hall–Kier alpha value is -3.33. The van der Waals surface area contributed by atoms with Crippen molar-refractivity contribution in [1.82, 2.24) is 5.32 Å². The summed E-state index contributed by atoms with van der Waals surface area (Å²) in [5, 5.41) is 2.96. The van der Waals surface area contributed by atoms with Gasteiger partial charge in [0.1, 0.15) is 12.2 Å². The van der Waals surface area contributed by atoms with Gasteiger partial charge in [-0.2, -0.15) is 0 Å². The van der Waals surface area contributed by atoms with Crippen LogP contribution in [0.2, 0.25) is 10.0 Å². The summed E-state index contributed by atoms with van der Waals surface area (Å²) in [6.07, 6.45) is 1.36. The highest BCUT2D eigenvalue weighted by atomic mass is 79.9. The number of para-hydroxylation sites is 1. The number of imide groups is 2. The van der Waals surface area contributed by atoms with E-state index in [2.05, 4.69) is 21.2 Å². The second-order valence-corrected chi connectivity index (χ2v) is 9.06. The van der Waals surface area contributed by atoms with Crippen LogP contribution in [0, 0.1) is 0 Å². The molecule has 1 N–H and O–H groups in total. The summed E-state index contributed by atoms with van der Waals surface area (Å²) in [6, 6.07) is 16.0. The largest absolute Gasteiger partial charge is 0.493 e. The molecule has 1 heterocycles. The third kappa shape index (κ3) is 5.35.